The number of thioether (sulfide) groups is 2. The van der Waals surface area contributed by atoms with Crippen LogP contribution in [0, 0.1) is 0 Å². The molecule has 5 rings (SSSR count). The number of amides is 1. The van der Waals surface area contributed by atoms with Crippen LogP contribution in [0.1, 0.15) is 30.4 Å². The first kappa shape index (κ1) is 20.8. The number of allylic oxidation sites excluding steroid dienone is 1. The summed E-state index contributed by atoms with van der Waals surface area (Å²) in [6, 6.07) is 10.7. The van der Waals surface area contributed by atoms with Gasteiger partial charge in [-0.15, -0.1) is 23.5 Å². The molecule has 2 nitrogen and oxygen atoms in total. The van der Waals surface area contributed by atoms with Gasteiger partial charge >= 0.3 is 6.18 Å². The number of carbonyl (C=O) groups is 1. The van der Waals surface area contributed by atoms with Crippen LogP contribution in [0.3, 0.4) is 0 Å². The normalized spacial score (nSPS) is 24.4. The maximum atomic E-state index is 12.8. The van der Waals surface area contributed by atoms with E-state index in [1.165, 1.54) is 22.8 Å². The summed E-state index contributed by atoms with van der Waals surface area (Å²) < 4.78 is 38.4. The lowest BCUT2D eigenvalue weighted by atomic mass is 9.99. The Balaban J connectivity index is 1.36. The average molecular weight is 460 g/mol. The van der Waals surface area contributed by atoms with Gasteiger partial charge in [-0.1, -0.05) is 36.4 Å². The zero-order chi connectivity index (χ0) is 21.6. The van der Waals surface area contributed by atoms with Crippen LogP contribution < -0.4 is 5.32 Å². The van der Waals surface area contributed by atoms with Gasteiger partial charge in [-0.3, -0.25) is 4.79 Å². The van der Waals surface area contributed by atoms with Gasteiger partial charge in [0.15, 0.2) is 0 Å². The van der Waals surface area contributed by atoms with Gasteiger partial charge in [-0.05, 0) is 53.5 Å². The van der Waals surface area contributed by atoms with E-state index in [1.807, 2.05) is 41.7 Å². The number of halogens is 3. The largest absolute Gasteiger partial charge is 0.416 e. The number of fused-ring (bicyclic) bond motifs is 1. The fourth-order valence-corrected chi connectivity index (χ4v) is 7.03. The van der Waals surface area contributed by atoms with E-state index < -0.39 is 11.7 Å². The SMILES string of the molecule is O=C1Nc2cc(-c3ccc(C(F)(F)F)cc3)ccc2/C1=C/C1CCC(C2=CCCS2)S1. The molecule has 0 saturated carbocycles. The Morgan fingerprint density at radius 3 is 2.52 bits per heavy atom. The highest BCUT2D eigenvalue weighted by atomic mass is 32.2. The molecule has 0 spiro atoms. The topological polar surface area (TPSA) is 29.1 Å². The van der Waals surface area contributed by atoms with Crippen LogP contribution in [-0.2, 0) is 11.0 Å². The summed E-state index contributed by atoms with van der Waals surface area (Å²) in [7, 11) is 0. The van der Waals surface area contributed by atoms with E-state index in [0.717, 1.165) is 42.5 Å². The van der Waals surface area contributed by atoms with E-state index >= 15 is 0 Å². The maximum absolute atomic E-state index is 12.8. The van der Waals surface area contributed by atoms with Gasteiger partial charge in [0, 0.05) is 33.1 Å². The van der Waals surface area contributed by atoms with Gasteiger partial charge in [-0.25, -0.2) is 0 Å². The molecule has 2 atom stereocenters. The molecule has 160 valence electrons. The van der Waals surface area contributed by atoms with Crippen molar-refractivity contribution in [1.82, 2.24) is 0 Å². The zero-order valence-electron chi connectivity index (χ0n) is 16.5. The molecular formula is C24H20F3NOS2. The Bertz CT molecular complexity index is 1090. The van der Waals surface area contributed by atoms with Gasteiger partial charge in [0.05, 0.1) is 5.56 Å². The summed E-state index contributed by atoms with van der Waals surface area (Å²) in [5.41, 5.74) is 3.05. The van der Waals surface area contributed by atoms with E-state index in [0.29, 0.717) is 27.3 Å². The van der Waals surface area contributed by atoms with Crippen LogP contribution in [0.5, 0.6) is 0 Å². The van der Waals surface area contributed by atoms with Crippen molar-refractivity contribution in [3.8, 4) is 11.1 Å². The first-order valence-electron chi connectivity index (χ1n) is 10.2. The second-order valence-corrected chi connectivity index (χ2v) is 10.5. The molecule has 3 heterocycles. The fourth-order valence-electron chi connectivity index (χ4n) is 4.23. The third kappa shape index (κ3) is 4.17. The lowest BCUT2D eigenvalue weighted by Gasteiger charge is -2.10. The van der Waals surface area contributed by atoms with Crippen molar-refractivity contribution in [2.24, 2.45) is 0 Å². The van der Waals surface area contributed by atoms with Crippen LogP contribution in [0.25, 0.3) is 16.7 Å². The molecule has 31 heavy (non-hydrogen) atoms. The standard InChI is InChI=1S/C24H20F3NOS2/c25-24(26,27)16-6-3-14(4-7-16)15-5-9-18-19(23(29)28-20(18)12-15)13-17-8-10-22(31-17)21-2-1-11-30-21/h2-7,9,12-13,17,22H,1,8,10-11H2,(H,28,29)/b19-13-. The average Bonchev–Trinajstić information content (AvgIpc) is 3.48. The molecule has 2 aromatic carbocycles. The Labute approximate surface area is 187 Å². The maximum Gasteiger partial charge on any atom is 0.416 e. The van der Waals surface area contributed by atoms with Crippen molar-refractivity contribution in [2.45, 2.75) is 35.9 Å². The number of hydrogen-bond donors (Lipinski definition) is 1. The van der Waals surface area contributed by atoms with Gasteiger partial charge in [0.2, 0.25) is 0 Å². The van der Waals surface area contributed by atoms with E-state index in [9.17, 15) is 18.0 Å². The molecule has 0 bridgehead atoms. The Morgan fingerprint density at radius 1 is 1.03 bits per heavy atom. The summed E-state index contributed by atoms with van der Waals surface area (Å²) >= 11 is 3.89. The van der Waals surface area contributed by atoms with Crippen molar-refractivity contribution in [3.63, 3.8) is 0 Å². The number of rotatable bonds is 3. The monoisotopic (exact) mass is 459 g/mol. The minimum absolute atomic E-state index is 0.113. The number of benzene rings is 2. The fraction of sp³-hybridized carbons (Fsp3) is 0.292. The van der Waals surface area contributed by atoms with Crippen LogP contribution in [-0.4, -0.2) is 22.2 Å². The lowest BCUT2D eigenvalue weighted by Crippen LogP contribution is -2.06. The molecule has 1 fully saturated rings. The highest BCUT2D eigenvalue weighted by Gasteiger charge is 2.32. The number of hydrogen-bond acceptors (Lipinski definition) is 3. The lowest BCUT2D eigenvalue weighted by molar-refractivity contribution is -0.137. The van der Waals surface area contributed by atoms with Crippen molar-refractivity contribution in [1.29, 1.82) is 0 Å². The van der Waals surface area contributed by atoms with E-state index in [1.54, 1.807) is 0 Å². The first-order valence-corrected chi connectivity index (χ1v) is 12.1. The van der Waals surface area contributed by atoms with Crippen molar-refractivity contribution in [3.05, 3.63) is 70.6 Å². The van der Waals surface area contributed by atoms with Gasteiger partial charge in [-0.2, -0.15) is 13.2 Å². The quantitative estimate of drug-likeness (QED) is 0.502. The molecular weight excluding hydrogens is 439 g/mol. The third-order valence-corrected chi connectivity index (χ3v) is 8.72. The van der Waals surface area contributed by atoms with E-state index in [4.69, 9.17) is 0 Å². The molecule has 0 radical (unpaired) electrons. The number of alkyl halides is 3. The number of nitrogens with one attached hydrogen (secondary N) is 1. The molecule has 3 aliphatic heterocycles. The van der Waals surface area contributed by atoms with Crippen molar-refractivity contribution >= 4 is 40.7 Å². The Morgan fingerprint density at radius 2 is 1.81 bits per heavy atom. The molecule has 2 unspecified atom stereocenters. The molecule has 3 aliphatic rings. The Kier molecular flexibility index (Phi) is 5.42. The van der Waals surface area contributed by atoms with Gasteiger partial charge < -0.3 is 5.32 Å². The summed E-state index contributed by atoms with van der Waals surface area (Å²) in [5, 5.41) is 3.78. The molecule has 0 aromatic heterocycles. The predicted molar refractivity (Wildman–Crippen MR) is 123 cm³/mol. The van der Waals surface area contributed by atoms with Crippen LogP contribution in [0.4, 0.5) is 18.9 Å². The zero-order valence-corrected chi connectivity index (χ0v) is 18.2. The molecule has 1 saturated heterocycles. The molecule has 7 heteroatoms. The number of anilines is 1. The molecule has 2 aromatic rings. The molecule has 1 N–H and O–H groups in total. The molecule has 1 amide bonds. The first-order chi connectivity index (χ1) is 14.9. The highest BCUT2D eigenvalue weighted by molar-refractivity contribution is 8.06. The number of carbonyl (C=O) groups excluding carboxylic acids is 1. The van der Waals surface area contributed by atoms with E-state index in [-0.39, 0.29) is 5.91 Å². The second-order valence-electron chi connectivity index (χ2n) is 7.85. The van der Waals surface area contributed by atoms with Gasteiger partial charge in [0.1, 0.15) is 0 Å². The van der Waals surface area contributed by atoms with Crippen LogP contribution >= 0.6 is 23.5 Å². The minimum Gasteiger partial charge on any atom is -0.321 e. The van der Waals surface area contributed by atoms with E-state index in [2.05, 4.69) is 17.5 Å². The summed E-state index contributed by atoms with van der Waals surface area (Å²) in [5.74, 6) is 1.06. The van der Waals surface area contributed by atoms with Crippen LogP contribution in [0.2, 0.25) is 0 Å². The predicted octanol–water partition coefficient (Wildman–Crippen LogP) is 6.99. The molecule has 0 aliphatic carbocycles. The smallest absolute Gasteiger partial charge is 0.321 e. The van der Waals surface area contributed by atoms with Crippen molar-refractivity contribution < 1.29 is 18.0 Å². The highest BCUT2D eigenvalue weighted by Crippen LogP contribution is 2.46. The third-order valence-electron chi connectivity index (χ3n) is 5.80. The van der Waals surface area contributed by atoms with Gasteiger partial charge in [0.25, 0.3) is 5.91 Å². The summed E-state index contributed by atoms with van der Waals surface area (Å²) in [6.45, 7) is 0. The second kappa shape index (κ2) is 8.10. The van der Waals surface area contributed by atoms with Crippen molar-refractivity contribution in [2.75, 3.05) is 11.1 Å². The summed E-state index contributed by atoms with van der Waals surface area (Å²) in [4.78, 5) is 14.1. The Hall–Kier alpha value is -2.12. The van der Waals surface area contributed by atoms with Crippen LogP contribution in [0.15, 0.2) is 59.5 Å². The minimum atomic E-state index is -4.35. The summed E-state index contributed by atoms with van der Waals surface area (Å²) in [6.07, 6.45) is 3.43.